The summed E-state index contributed by atoms with van der Waals surface area (Å²) >= 11 is 5.90. The first-order chi connectivity index (χ1) is 11.7. The number of halogens is 1. The van der Waals surface area contributed by atoms with Crippen LogP contribution in [0.3, 0.4) is 0 Å². The summed E-state index contributed by atoms with van der Waals surface area (Å²) < 4.78 is 7.48. The second kappa shape index (κ2) is 6.09. The Kier molecular flexibility index (Phi) is 3.78. The van der Waals surface area contributed by atoms with Crippen molar-refractivity contribution in [1.29, 1.82) is 0 Å². The third-order valence-electron chi connectivity index (χ3n) is 3.96. The number of imidazole rings is 1. The van der Waals surface area contributed by atoms with Gasteiger partial charge in [-0.3, -0.25) is 0 Å². The molecule has 0 radical (unpaired) electrons. The standard InChI is InChI=1S/C18H15ClN4O/c1-2-23-11-20-15-8-5-13(10-16(15)23)18-21-17(24-22-18)9-12-3-6-14(19)7-4-12/h3-8,10-11H,2,9H2,1H3. The average molecular weight is 339 g/mol. The van der Waals surface area contributed by atoms with E-state index in [4.69, 9.17) is 16.1 Å². The zero-order valence-electron chi connectivity index (χ0n) is 13.1. The van der Waals surface area contributed by atoms with E-state index in [0.29, 0.717) is 23.2 Å². The molecule has 0 bridgehead atoms. The van der Waals surface area contributed by atoms with Crippen LogP contribution in [-0.2, 0) is 13.0 Å². The number of aryl methyl sites for hydroxylation is 1. The number of aromatic nitrogens is 4. The van der Waals surface area contributed by atoms with Gasteiger partial charge in [0, 0.05) is 17.1 Å². The van der Waals surface area contributed by atoms with Crippen LogP contribution in [0.2, 0.25) is 5.02 Å². The van der Waals surface area contributed by atoms with Gasteiger partial charge in [0.2, 0.25) is 11.7 Å². The molecular weight excluding hydrogens is 324 g/mol. The largest absolute Gasteiger partial charge is 0.339 e. The van der Waals surface area contributed by atoms with E-state index in [1.165, 1.54) is 0 Å². The maximum atomic E-state index is 5.90. The molecule has 2 aromatic heterocycles. The summed E-state index contributed by atoms with van der Waals surface area (Å²) in [5.41, 5.74) is 4.03. The molecule has 0 atom stereocenters. The van der Waals surface area contributed by atoms with Crippen LogP contribution in [0.5, 0.6) is 0 Å². The minimum atomic E-state index is 0.580. The van der Waals surface area contributed by atoms with Crippen LogP contribution >= 0.6 is 11.6 Å². The first-order valence-electron chi connectivity index (χ1n) is 7.75. The maximum absolute atomic E-state index is 5.90. The summed E-state index contributed by atoms with van der Waals surface area (Å²) in [6.45, 7) is 2.96. The van der Waals surface area contributed by atoms with E-state index in [1.807, 2.05) is 48.8 Å². The van der Waals surface area contributed by atoms with Gasteiger partial charge in [-0.25, -0.2) is 4.98 Å². The molecule has 4 aromatic rings. The molecule has 0 saturated carbocycles. The summed E-state index contributed by atoms with van der Waals surface area (Å²) in [6.07, 6.45) is 2.43. The van der Waals surface area contributed by atoms with Gasteiger partial charge in [-0.1, -0.05) is 28.9 Å². The van der Waals surface area contributed by atoms with Crippen molar-refractivity contribution in [3.63, 3.8) is 0 Å². The Labute approximate surface area is 143 Å². The molecule has 0 unspecified atom stereocenters. The van der Waals surface area contributed by atoms with Crippen LogP contribution in [0.25, 0.3) is 22.4 Å². The quantitative estimate of drug-likeness (QED) is 0.555. The second-order valence-corrected chi connectivity index (χ2v) is 5.99. The minimum Gasteiger partial charge on any atom is -0.339 e. The van der Waals surface area contributed by atoms with Crippen molar-refractivity contribution in [1.82, 2.24) is 19.7 Å². The second-order valence-electron chi connectivity index (χ2n) is 5.55. The Balaban J connectivity index is 1.63. The number of fused-ring (bicyclic) bond motifs is 1. The molecule has 0 spiro atoms. The van der Waals surface area contributed by atoms with Crippen molar-refractivity contribution >= 4 is 22.6 Å². The number of hydrogen-bond donors (Lipinski definition) is 0. The Morgan fingerprint density at radius 3 is 2.75 bits per heavy atom. The Hall–Kier alpha value is -2.66. The van der Waals surface area contributed by atoms with Gasteiger partial charge in [-0.05, 0) is 42.8 Å². The van der Waals surface area contributed by atoms with Crippen LogP contribution in [-0.4, -0.2) is 19.7 Å². The summed E-state index contributed by atoms with van der Waals surface area (Å²) in [5.74, 6) is 1.17. The van der Waals surface area contributed by atoms with Crippen molar-refractivity contribution in [2.45, 2.75) is 19.9 Å². The lowest BCUT2D eigenvalue weighted by molar-refractivity contribution is 0.385. The van der Waals surface area contributed by atoms with Crippen molar-refractivity contribution in [3.8, 4) is 11.4 Å². The highest BCUT2D eigenvalue weighted by Gasteiger charge is 2.11. The first kappa shape index (κ1) is 14.9. The summed E-state index contributed by atoms with van der Waals surface area (Å²) in [6, 6.07) is 13.6. The molecule has 2 heterocycles. The predicted molar refractivity (Wildman–Crippen MR) is 93.0 cm³/mol. The van der Waals surface area contributed by atoms with E-state index in [1.54, 1.807) is 0 Å². The third kappa shape index (κ3) is 2.78. The van der Waals surface area contributed by atoms with Gasteiger partial charge in [-0.15, -0.1) is 0 Å². The summed E-state index contributed by atoms with van der Waals surface area (Å²) in [7, 11) is 0. The summed E-state index contributed by atoms with van der Waals surface area (Å²) in [4.78, 5) is 8.88. The number of rotatable bonds is 4. The van der Waals surface area contributed by atoms with Crippen LogP contribution in [0.15, 0.2) is 53.3 Å². The molecule has 0 saturated heterocycles. The van der Waals surface area contributed by atoms with E-state index < -0.39 is 0 Å². The first-order valence-corrected chi connectivity index (χ1v) is 8.13. The zero-order valence-corrected chi connectivity index (χ0v) is 13.9. The lowest BCUT2D eigenvalue weighted by Gasteiger charge is -2.00. The smallest absolute Gasteiger partial charge is 0.231 e. The predicted octanol–water partition coefficient (Wildman–Crippen LogP) is 4.35. The third-order valence-corrected chi connectivity index (χ3v) is 4.21. The molecule has 2 aromatic carbocycles. The van der Waals surface area contributed by atoms with Gasteiger partial charge in [0.05, 0.1) is 23.8 Å². The SMILES string of the molecule is CCn1cnc2ccc(-c3noc(Cc4ccc(Cl)cc4)n3)cc21. The van der Waals surface area contributed by atoms with Crippen molar-refractivity contribution in [2.24, 2.45) is 0 Å². The maximum Gasteiger partial charge on any atom is 0.231 e. The minimum absolute atomic E-state index is 0.580. The van der Waals surface area contributed by atoms with Gasteiger partial charge in [-0.2, -0.15) is 4.98 Å². The molecule has 0 aliphatic carbocycles. The van der Waals surface area contributed by atoms with E-state index in [0.717, 1.165) is 28.7 Å². The molecule has 0 amide bonds. The number of benzene rings is 2. The van der Waals surface area contributed by atoms with Crippen LogP contribution in [0, 0.1) is 0 Å². The molecule has 0 N–H and O–H groups in total. The van der Waals surface area contributed by atoms with Gasteiger partial charge in [0.1, 0.15) is 0 Å². The molecule has 4 rings (SSSR count). The van der Waals surface area contributed by atoms with E-state index in [-0.39, 0.29) is 0 Å². The number of hydrogen-bond acceptors (Lipinski definition) is 4. The number of nitrogens with zero attached hydrogens (tertiary/aromatic N) is 4. The molecule has 120 valence electrons. The fourth-order valence-electron chi connectivity index (χ4n) is 2.67. The van der Waals surface area contributed by atoms with Crippen LogP contribution < -0.4 is 0 Å². The highest BCUT2D eigenvalue weighted by Crippen LogP contribution is 2.22. The highest BCUT2D eigenvalue weighted by molar-refractivity contribution is 6.30. The van der Waals surface area contributed by atoms with Gasteiger partial charge in [0.15, 0.2) is 0 Å². The summed E-state index contributed by atoms with van der Waals surface area (Å²) in [5, 5.41) is 4.82. The van der Waals surface area contributed by atoms with Gasteiger partial charge >= 0.3 is 0 Å². The van der Waals surface area contributed by atoms with Gasteiger partial charge < -0.3 is 9.09 Å². The van der Waals surface area contributed by atoms with Crippen LogP contribution in [0.1, 0.15) is 18.4 Å². The molecule has 0 fully saturated rings. The highest BCUT2D eigenvalue weighted by atomic mass is 35.5. The fraction of sp³-hybridized carbons (Fsp3) is 0.167. The lowest BCUT2D eigenvalue weighted by atomic mass is 10.1. The Morgan fingerprint density at radius 2 is 1.96 bits per heavy atom. The molecular formula is C18H15ClN4O. The van der Waals surface area contributed by atoms with Crippen LogP contribution in [0.4, 0.5) is 0 Å². The van der Waals surface area contributed by atoms with Crippen molar-refractivity contribution in [3.05, 3.63) is 65.3 Å². The Bertz CT molecular complexity index is 988. The van der Waals surface area contributed by atoms with Gasteiger partial charge in [0.25, 0.3) is 0 Å². The normalized spacial score (nSPS) is 11.2. The fourth-order valence-corrected chi connectivity index (χ4v) is 2.79. The van der Waals surface area contributed by atoms with E-state index >= 15 is 0 Å². The molecule has 0 aliphatic rings. The molecule has 6 heteroatoms. The molecule has 5 nitrogen and oxygen atoms in total. The van der Waals surface area contributed by atoms with Crippen molar-refractivity contribution < 1.29 is 4.52 Å². The molecule has 24 heavy (non-hydrogen) atoms. The monoisotopic (exact) mass is 338 g/mol. The van der Waals surface area contributed by atoms with E-state index in [2.05, 4.69) is 26.6 Å². The zero-order chi connectivity index (χ0) is 16.5. The average Bonchev–Trinajstić information content (AvgIpc) is 3.23. The molecule has 0 aliphatic heterocycles. The Morgan fingerprint density at radius 1 is 1.12 bits per heavy atom. The van der Waals surface area contributed by atoms with Crippen molar-refractivity contribution in [2.75, 3.05) is 0 Å². The lowest BCUT2D eigenvalue weighted by Crippen LogP contribution is -1.91. The topological polar surface area (TPSA) is 56.7 Å². The van der Waals surface area contributed by atoms with E-state index in [9.17, 15) is 0 Å².